The molecule has 0 saturated carbocycles. The number of alkyl halides is 3. The standard InChI is InChI=1S/C10H15N3O2.C2HF3O2/c1-7-9(12-6-15-7)10(14)13-8-2-4-11-5-3-8;3-2(4,5)1(6)7/h6,8,11H,2-5H2,1H3,(H,13,14);(H,6,7). The third-order valence-corrected chi connectivity index (χ3v) is 2.88. The van der Waals surface area contributed by atoms with Gasteiger partial charge in [0.15, 0.2) is 12.1 Å². The average molecular weight is 323 g/mol. The molecule has 0 radical (unpaired) electrons. The lowest BCUT2D eigenvalue weighted by molar-refractivity contribution is -0.192. The first-order valence-corrected chi connectivity index (χ1v) is 6.43. The van der Waals surface area contributed by atoms with Gasteiger partial charge in [0.05, 0.1) is 0 Å². The molecule has 0 aliphatic carbocycles. The Bertz CT molecular complexity index is 510. The van der Waals surface area contributed by atoms with Gasteiger partial charge in [-0.3, -0.25) is 4.79 Å². The number of rotatable bonds is 2. The molecule has 3 N–H and O–H groups in total. The number of aryl methyl sites for hydroxylation is 1. The topological polar surface area (TPSA) is 104 Å². The molecular formula is C12H16F3N3O4. The summed E-state index contributed by atoms with van der Waals surface area (Å²) in [5.41, 5.74) is 0.397. The van der Waals surface area contributed by atoms with E-state index in [0.717, 1.165) is 25.9 Å². The zero-order chi connectivity index (χ0) is 16.8. The average Bonchev–Trinajstić information content (AvgIpc) is 2.86. The number of carbonyl (C=O) groups is 2. The number of halogens is 3. The van der Waals surface area contributed by atoms with Crippen LogP contribution in [0.1, 0.15) is 29.1 Å². The highest BCUT2D eigenvalue weighted by molar-refractivity contribution is 5.93. The number of piperidine rings is 1. The molecule has 0 atom stereocenters. The van der Waals surface area contributed by atoms with E-state index >= 15 is 0 Å². The van der Waals surface area contributed by atoms with Crippen molar-refractivity contribution in [3.63, 3.8) is 0 Å². The van der Waals surface area contributed by atoms with E-state index in [1.807, 2.05) is 0 Å². The van der Waals surface area contributed by atoms with Crippen molar-refractivity contribution in [3.05, 3.63) is 17.8 Å². The van der Waals surface area contributed by atoms with Gasteiger partial charge in [0, 0.05) is 6.04 Å². The second-order valence-electron chi connectivity index (χ2n) is 4.56. The summed E-state index contributed by atoms with van der Waals surface area (Å²) in [6.07, 6.45) is -1.84. The molecule has 0 unspecified atom stereocenters. The summed E-state index contributed by atoms with van der Waals surface area (Å²) in [6, 6.07) is 0.259. The number of amides is 1. The summed E-state index contributed by atoms with van der Waals surface area (Å²) in [5.74, 6) is -2.32. The molecule has 0 spiro atoms. The maximum absolute atomic E-state index is 11.7. The lowest BCUT2D eigenvalue weighted by Gasteiger charge is -2.23. The minimum atomic E-state index is -5.08. The molecule has 10 heteroatoms. The second kappa shape index (κ2) is 7.78. The summed E-state index contributed by atoms with van der Waals surface area (Å²) in [6.45, 7) is 3.66. The lowest BCUT2D eigenvalue weighted by atomic mass is 10.1. The molecule has 1 aliphatic heterocycles. The molecule has 7 nitrogen and oxygen atoms in total. The van der Waals surface area contributed by atoms with Gasteiger partial charge in [-0.2, -0.15) is 13.2 Å². The molecule has 1 fully saturated rings. The van der Waals surface area contributed by atoms with Crippen molar-refractivity contribution in [2.24, 2.45) is 0 Å². The first-order valence-electron chi connectivity index (χ1n) is 6.43. The van der Waals surface area contributed by atoms with E-state index in [1.54, 1.807) is 6.92 Å². The molecule has 1 aromatic rings. The fourth-order valence-corrected chi connectivity index (χ4v) is 1.74. The molecule has 1 aliphatic rings. The van der Waals surface area contributed by atoms with Crippen molar-refractivity contribution in [1.82, 2.24) is 15.6 Å². The zero-order valence-electron chi connectivity index (χ0n) is 11.7. The van der Waals surface area contributed by atoms with Crippen molar-refractivity contribution in [2.75, 3.05) is 13.1 Å². The van der Waals surface area contributed by atoms with E-state index in [0.29, 0.717) is 11.5 Å². The Hall–Kier alpha value is -2.10. The summed E-state index contributed by atoms with van der Waals surface area (Å²) >= 11 is 0. The van der Waals surface area contributed by atoms with Gasteiger partial charge in [-0.05, 0) is 32.9 Å². The number of hydrogen-bond donors (Lipinski definition) is 3. The normalized spacial score (nSPS) is 15.6. The summed E-state index contributed by atoms with van der Waals surface area (Å²) in [5, 5.41) is 13.3. The molecule has 22 heavy (non-hydrogen) atoms. The van der Waals surface area contributed by atoms with Crippen LogP contribution < -0.4 is 10.6 Å². The number of aliphatic carboxylic acids is 1. The van der Waals surface area contributed by atoms with Crippen LogP contribution in [-0.4, -0.2) is 47.3 Å². The van der Waals surface area contributed by atoms with Crippen molar-refractivity contribution in [2.45, 2.75) is 32.0 Å². The van der Waals surface area contributed by atoms with Crippen LogP contribution in [0.5, 0.6) is 0 Å². The SMILES string of the molecule is Cc1ocnc1C(=O)NC1CCNCC1.O=C(O)C(F)(F)F. The third-order valence-electron chi connectivity index (χ3n) is 2.88. The van der Waals surface area contributed by atoms with E-state index in [1.165, 1.54) is 6.39 Å². The van der Waals surface area contributed by atoms with Gasteiger partial charge in [-0.1, -0.05) is 0 Å². The van der Waals surface area contributed by atoms with E-state index in [4.69, 9.17) is 14.3 Å². The number of aromatic nitrogens is 1. The maximum atomic E-state index is 11.7. The predicted octanol–water partition coefficient (Wildman–Crippen LogP) is 1.10. The molecule has 1 amide bonds. The fourth-order valence-electron chi connectivity index (χ4n) is 1.74. The maximum Gasteiger partial charge on any atom is 0.490 e. The van der Waals surface area contributed by atoms with E-state index in [2.05, 4.69) is 15.6 Å². The van der Waals surface area contributed by atoms with Gasteiger partial charge in [-0.25, -0.2) is 9.78 Å². The lowest BCUT2D eigenvalue weighted by Crippen LogP contribution is -2.42. The van der Waals surface area contributed by atoms with Crippen LogP contribution in [-0.2, 0) is 4.79 Å². The number of nitrogens with one attached hydrogen (secondary N) is 2. The molecule has 0 bridgehead atoms. The van der Waals surface area contributed by atoms with Gasteiger partial charge < -0.3 is 20.2 Å². The first kappa shape index (κ1) is 18.0. The van der Waals surface area contributed by atoms with Crippen LogP contribution in [0.15, 0.2) is 10.8 Å². The Balaban J connectivity index is 0.000000295. The molecule has 2 heterocycles. The highest BCUT2D eigenvalue weighted by Gasteiger charge is 2.38. The van der Waals surface area contributed by atoms with E-state index in [-0.39, 0.29) is 11.9 Å². The summed E-state index contributed by atoms with van der Waals surface area (Å²) in [7, 11) is 0. The van der Waals surface area contributed by atoms with E-state index < -0.39 is 12.1 Å². The predicted molar refractivity (Wildman–Crippen MR) is 68.3 cm³/mol. The largest absolute Gasteiger partial charge is 0.490 e. The fraction of sp³-hybridized carbons (Fsp3) is 0.583. The Labute approximate surface area is 123 Å². The van der Waals surface area contributed by atoms with Crippen LogP contribution in [0.4, 0.5) is 13.2 Å². The van der Waals surface area contributed by atoms with Crippen LogP contribution in [0.3, 0.4) is 0 Å². The Kier molecular flexibility index (Phi) is 6.35. The number of carboxylic acids is 1. The number of oxazole rings is 1. The van der Waals surface area contributed by atoms with Crippen LogP contribution in [0.25, 0.3) is 0 Å². The quantitative estimate of drug-likeness (QED) is 0.753. The van der Waals surface area contributed by atoms with Crippen molar-refractivity contribution in [3.8, 4) is 0 Å². The van der Waals surface area contributed by atoms with Gasteiger partial charge in [0.2, 0.25) is 0 Å². The van der Waals surface area contributed by atoms with Gasteiger partial charge in [0.25, 0.3) is 5.91 Å². The smallest absolute Gasteiger partial charge is 0.475 e. The minimum absolute atomic E-state index is 0.131. The van der Waals surface area contributed by atoms with Crippen molar-refractivity contribution in [1.29, 1.82) is 0 Å². The van der Waals surface area contributed by atoms with Crippen LogP contribution in [0, 0.1) is 6.92 Å². The zero-order valence-corrected chi connectivity index (χ0v) is 11.7. The second-order valence-corrected chi connectivity index (χ2v) is 4.56. The number of carboxylic acid groups (broad SMARTS) is 1. The van der Waals surface area contributed by atoms with Gasteiger partial charge >= 0.3 is 12.1 Å². The Morgan fingerprint density at radius 1 is 1.41 bits per heavy atom. The first-order chi connectivity index (χ1) is 10.2. The number of nitrogens with zero attached hydrogens (tertiary/aromatic N) is 1. The highest BCUT2D eigenvalue weighted by Crippen LogP contribution is 2.13. The number of hydrogen-bond acceptors (Lipinski definition) is 5. The minimum Gasteiger partial charge on any atom is -0.475 e. The highest BCUT2D eigenvalue weighted by atomic mass is 19.4. The molecular weight excluding hydrogens is 307 g/mol. The Morgan fingerprint density at radius 3 is 2.36 bits per heavy atom. The Morgan fingerprint density at radius 2 is 1.95 bits per heavy atom. The summed E-state index contributed by atoms with van der Waals surface area (Å²) < 4.78 is 36.7. The third kappa shape index (κ3) is 5.72. The monoisotopic (exact) mass is 323 g/mol. The van der Waals surface area contributed by atoms with Crippen LogP contribution in [0.2, 0.25) is 0 Å². The van der Waals surface area contributed by atoms with Crippen LogP contribution >= 0.6 is 0 Å². The molecule has 124 valence electrons. The number of carbonyl (C=O) groups excluding carboxylic acids is 1. The van der Waals surface area contributed by atoms with E-state index in [9.17, 15) is 18.0 Å². The molecule has 1 saturated heterocycles. The summed E-state index contributed by atoms with van der Waals surface area (Å²) in [4.78, 5) is 24.5. The molecule has 0 aromatic carbocycles. The van der Waals surface area contributed by atoms with Crippen molar-refractivity contribution >= 4 is 11.9 Å². The molecule has 1 aromatic heterocycles. The van der Waals surface area contributed by atoms with Crippen molar-refractivity contribution < 1.29 is 32.3 Å². The van der Waals surface area contributed by atoms with Gasteiger partial charge in [-0.15, -0.1) is 0 Å². The van der Waals surface area contributed by atoms with Gasteiger partial charge in [0.1, 0.15) is 5.76 Å². The molecule has 2 rings (SSSR count).